The molecule has 2 rings (SSSR count). The Morgan fingerprint density at radius 1 is 1.69 bits per heavy atom. The average molecular weight is 237 g/mol. The van der Waals surface area contributed by atoms with E-state index in [9.17, 15) is 0 Å². The first kappa shape index (κ1) is 11.3. The fourth-order valence-electron chi connectivity index (χ4n) is 1.26. The van der Waals surface area contributed by atoms with Crippen molar-refractivity contribution in [3.05, 3.63) is 11.1 Å². The molecular formula is C8H13ClN2S2. The fraction of sp³-hybridized carbons (Fsp3) is 0.625. The molecule has 2 heterocycles. The molecule has 1 aliphatic heterocycles. The molecule has 1 unspecified atom stereocenters. The van der Waals surface area contributed by atoms with Gasteiger partial charge in [0.2, 0.25) is 0 Å². The summed E-state index contributed by atoms with van der Waals surface area (Å²) in [5.74, 6) is 0. The summed E-state index contributed by atoms with van der Waals surface area (Å²) in [5.41, 5.74) is 1.15. The second-order valence-corrected chi connectivity index (χ2v) is 5.39. The number of hydrogen-bond donors (Lipinski definition) is 1. The lowest BCUT2D eigenvalue weighted by Crippen LogP contribution is -2.09. The van der Waals surface area contributed by atoms with Gasteiger partial charge in [0.15, 0.2) is 0 Å². The number of nitrogens with zero attached hydrogens (tertiary/aromatic N) is 1. The zero-order valence-corrected chi connectivity index (χ0v) is 9.90. The first-order valence-electron chi connectivity index (χ1n) is 4.14. The van der Waals surface area contributed by atoms with Gasteiger partial charge in [-0.05, 0) is 19.9 Å². The van der Waals surface area contributed by atoms with E-state index in [-0.39, 0.29) is 12.4 Å². The minimum Gasteiger partial charge on any atom is -0.316 e. The van der Waals surface area contributed by atoms with Crippen LogP contribution in [0.1, 0.15) is 12.1 Å². The molecule has 0 amide bonds. The van der Waals surface area contributed by atoms with Crippen molar-refractivity contribution >= 4 is 35.5 Å². The van der Waals surface area contributed by atoms with Gasteiger partial charge >= 0.3 is 0 Å². The van der Waals surface area contributed by atoms with Crippen molar-refractivity contribution in [3.63, 3.8) is 0 Å². The molecule has 0 bridgehead atoms. The van der Waals surface area contributed by atoms with Crippen molar-refractivity contribution < 1.29 is 0 Å². The summed E-state index contributed by atoms with van der Waals surface area (Å²) in [6, 6.07) is 0. The number of aromatic nitrogens is 1. The first-order chi connectivity index (χ1) is 5.84. The monoisotopic (exact) mass is 236 g/mol. The maximum absolute atomic E-state index is 4.43. The van der Waals surface area contributed by atoms with E-state index in [4.69, 9.17) is 0 Å². The van der Waals surface area contributed by atoms with Gasteiger partial charge in [-0.25, -0.2) is 4.98 Å². The highest BCUT2D eigenvalue weighted by molar-refractivity contribution is 8.01. The third-order valence-electron chi connectivity index (χ3n) is 1.88. The molecule has 1 aliphatic rings. The van der Waals surface area contributed by atoms with Crippen LogP contribution < -0.4 is 5.32 Å². The zero-order valence-electron chi connectivity index (χ0n) is 7.45. The molecule has 74 valence electrons. The van der Waals surface area contributed by atoms with Gasteiger partial charge in [0.1, 0.15) is 4.34 Å². The Morgan fingerprint density at radius 3 is 3.08 bits per heavy atom. The Kier molecular flexibility index (Phi) is 4.52. The van der Waals surface area contributed by atoms with Gasteiger partial charge in [0.25, 0.3) is 0 Å². The smallest absolute Gasteiger partial charge is 0.150 e. The summed E-state index contributed by atoms with van der Waals surface area (Å²) in [7, 11) is 0. The van der Waals surface area contributed by atoms with E-state index in [2.05, 4.69) is 15.7 Å². The van der Waals surface area contributed by atoms with Gasteiger partial charge in [-0.2, -0.15) is 0 Å². The third-order valence-corrected chi connectivity index (χ3v) is 4.24. The van der Waals surface area contributed by atoms with Crippen LogP contribution in [0.25, 0.3) is 0 Å². The largest absolute Gasteiger partial charge is 0.316 e. The Labute approximate surface area is 92.9 Å². The topological polar surface area (TPSA) is 24.9 Å². The highest BCUT2D eigenvalue weighted by Gasteiger charge is 2.16. The van der Waals surface area contributed by atoms with Crippen LogP contribution in [0.5, 0.6) is 0 Å². The van der Waals surface area contributed by atoms with Crippen molar-refractivity contribution in [2.24, 2.45) is 0 Å². The van der Waals surface area contributed by atoms with Crippen LogP contribution in [-0.4, -0.2) is 23.3 Å². The van der Waals surface area contributed by atoms with E-state index < -0.39 is 0 Å². The summed E-state index contributed by atoms with van der Waals surface area (Å²) in [4.78, 5) is 4.43. The van der Waals surface area contributed by atoms with Crippen LogP contribution in [0.4, 0.5) is 0 Å². The highest BCUT2D eigenvalue weighted by atomic mass is 35.5. The van der Waals surface area contributed by atoms with E-state index in [1.807, 2.05) is 18.7 Å². The maximum atomic E-state index is 4.43. The van der Waals surface area contributed by atoms with Gasteiger partial charge in [-0.1, -0.05) is 11.8 Å². The molecule has 0 saturated carbocycles. The number of nitrogens with one attached hydrogen (secondary N) is 1. The quantitative estimate of drug-likeness (QED) is 0.853. The molecule has 0 radical (unpaired) electrons. The summed E-state index contributed by atoms with van der Waals surface area (Å²) in [6.45, 7) is 4.36. The van der Waals surface area contributed by atoms with Crippen LogP contribution in [0.3, 0.4) is 0 Å². The van der Waals surface area contributed by atoms with Gasteiger partial charge in [0, 0.05) is 22.9 Å². The minimum atomic E-state index is 0. The van der Waals surface area contributed by atoms with E-state index >= 15 is 0 Å². The van der Waals surface area contributed by atoms with Crippen molar-refractivity contribution in [3.8, 4) is 0 Å². The predicted molar refractivity (Wildman–Crippen MR) is 61.2 cm³/mol. The summed E-state index contributed by atoms with van der Waals surface area (Å²) in [6.07, 6.45) is 1.28. The molecule has 2 nitrogen and oxygen atoms in total. The molecule has 0 spiro atoms. The van der Waals surface area contributed by atoms with Crippen molar-refractivity contribution in [1.29, 1.82) is 0 Å². The van der Waals surface area contributed by atoms with Gasteiger partial charge in [-0.15, -0.1) is 23.7 Å². The second kappa shape index (κ2) is 5.20. The van der Waals surface area contributed by atoms with Crippen molar-refractivity contribution in [2.45, 2.75) is 22.9 Å². The summed E-state index contributed by atoms with van der Waals surface area (Å²) in [5, 5.41) is 6.22. The van der Waals surface area contributed by atoms with Crippen LogP contribution >= 0.6 is 35.5 Å². The number of thiazole rings is 1. The number of hydrogen-bond acceptors (Lipinski definition) is 4. The molecule has 1 aromatic heterocycles. The molecular weight excluding hydrogens is 224 g/mol. The summed E-state index contributed by atoms with van der Waals surface area (Å²) >= 11 is 3.68. The standard InChI is InChI=1S/C8H12N2S2.ClH/c1-6-5-11-8(10-6)12-7-2-3-9-4-7;/h5,7,9H,2-4H2,1H3;1H. The number of rotatable bonds is 2. The lowest BCUT2D eigenvalue weighted by molar-refractivity contribution is 0.858. The molecule has 13 heavy (non-hydrogen) atoms. The van der Waals surface area contributed by atoms with Crippen LogP contribution in [0.15, 0.2) is 9.72 Å². The molecule has 5 heteroatoms. The SMILES string of the molecule is Cc1csc(SC2CCNC2)n1.Cl. The van der Waals surface area contributed by atoms with Gasteiger partial charge < -0.3 is 5.32 Å². The molecule has 1 saturated heterocycles. The maximum Gasteiger partial charge on any atom is 0.150 e. The lowest BCUT2D eigenvalue weighted by Gasteiger charge is -2.02. The van der Waals surface area contributed by atoms with E-state index in [0.29, 0.717) is 0 Å². The Hall–Kier alpha value is 0.230. The normalized spacial score (nSPS) is 21.5. The van der Waals surface area contributed by atoms with Crippen LogP contribution in [-0.2, 0) is 0 Å². The molecule has 1 N–H and O–H groups in total. The summed E-state index contributed by atoms with van der Waals surface area (Å²) < 4.78 is 1.22. The Morgan fingerprint density at radius 2 is 2.54 bits per heavy atom. The molecule has 1 atom stereocenters. The Balaban J connectivity index is 0.000000845. The van der Waals surface area contributed by atoms with E-state index in [1.165, 1.54) is 17.3 Å². The molecule has 0 aromatic carbocycles. The number of thioether (sulfide) groups is 1. The molecule has 0 aliphatic carbocycles. The van der Waals surface area contributed by atoms with Gasteiger partial charge in [-0.3, -0.25) is 0 Å². The average Bonchev–Trinajstić information content (AvgIpc) is 2.63. The van der Waals surface area contributed by atoms with E-state index in [1.54, 1.807) is 11.3 Å². The lowest BCUT2D eigenvalue weighted by atomic mass is 10.4. The van der Waals surface area contributed by atoms with E-state index in [0.717, 1.165) is 17.5 Å². The molecule has 1 fully saturated rings. The number of aryl methyl sites for hydroxylation is 1. The molecule has 1 aromatic rings. The minimum absolute atomic E-state index is 0. The predicted octanol–water partition coefficient (Wildman–Crippen LogP) is 2.33. The Bertz CT molecular complexity index is 258. The zero-order chi connectivity index (χ0) is 8.39. The third kappa shape index (κ3) is 3.13. The first-order valence-corrected chi connectivity index (χ1v) is 5.90. The van der Waals surface area contributed by atoms with Crippen LogP contribution in [0, 0.1) is 6.92 Å². The van der Waals surface area contributed by atoms with Crippen LogP contribution in [0.2, 0.25) is 0 Å². The fourth-order valence-corrected chi connectivity index (χ4v) is 3.47. The van der Waals surface area contributed by atoms with Crippen molar-refractivity contribution in [1.82, 2.24) is 10.3 Å². The number of halogens is 1. The van der Waals surface area contributed by atoms with Gasteiger partial charge in [0.05, 0.1) is 0 Å². The highest BCUT2D eigenvalue weighted by Crippen LogP contribution is 2.29. The van der Waals surface area contributed by atoms with Crippen molar-refractivity contribution in [2.75, 3.05) is 13.1 Å². The second-order valence-electron chi connectivity index (χ2n) is 2.99.